The second kappa shape index (κ2) is 5.77. The van der Waals surface area contributed by atoms with Crippen LogP contribution in [0.2, 0.25) is 0 Å². The van der Waals surface area contributed by atoms with Crippen molar-refractivity contribution in [2.24, 2.45) is 0 Å². The Bertz CT molecular complexity index is 798. The van der Waals surface area contributed by atoms with Gasteiger partial charge in [-0.2, -0.15) is 0 Å². The minimum Gasteiger partial charge on any atom is -0.481 e. The van der Waals surface area contributed by atoms with E-state index >= 15 is 0 Å². The maximum absolute atomic E-state index is 12.4. The topological polar surface area (TPSA) is 37.3 Å². The van der Waals surface area contributed by atoms with Gasteiger partial charge in [0.2, 0.25) is 0 Å². The van der Waals surface area contributed by atoms with E-state index in [0.29, 0.717) is 0 Å². The highest BCUT2D eigenvalue weighted by molar-refractivity contribution is 5.87. The lowest BCUT2D eigenvalue weighted by Crippen LogP contribution is -2.39. The maximum atomic E-state index is 12.4. The van der Waals surface area contributed by atoms with E-state index in [-0.39, 0.29) is 0 Å². The molecule has 2 nitrogen and oxygen atoms in total. The number of rotatable bonds is 3. The van der Waals surface area contributed by atoms with Gasteiger partial charge in [0.15, 0.2) is 0 Å². The highest BCUT2D eigenvalue weighted by Crippen LogP contribution is 2.48. The first-order chi connectivity index (χ1) is 11.7. The Labute approximate surface area is 143 Å². The number of carboxylic acids is 1. The van der Waals surface area contributed by atoms with E-state index in [2.05, 4.69) is 43.3 Å². The van der Waals surface area contributed by atoms with Crippen LogP contribution in [-0.2, 0) is 23.1 Å². The number of hydrogen-bond acceptors (Lipinski definition) is 1. The van der Waals surface area contributed by atoms with Gasteiger partial charge >= 0.3 is 5.97 Å². The van der Waals surface area contributed by atoms with Crippen LogP contribution in [0.15, 0.2) is 36.4 Å². The zero-order valence-electron chi connectivity index (χ0n) is 14.3. The van der Waals surface area contributed by atoms with Gasteiger partial charge in [-0.25, -0.2) is 0 Å². The first-order valence-electron chi connectivity index (χ1n) is 9.14. The summed E-state index contributed by atoms with van der Waals surface area (Å²) in [6, 6.07) is 12.9. The number of aliphatic carboxylic acids is 1. The Kier molecular flexibility index (Phi) is 3.71. The molecule has 2 aliphatic carbocycles. The number of aryl methyl sites for hydroxylation is 1. The van der Waals surface area contributed by atoms with Crippen LogP contribution in [0, 0.1) is 0 Å². The number of carbonyl (C=O) groups is 1. The monoisotopic (exact) mass is 320 g/mol. The second-order valence-electron chi connectivity index (χ2n) is 7.26. The first-order valence-corrected chi connectivity index (χ1v) is 9.14. The van der Waals surface area contributed by atoms with Crippen molar-refractivity contribution in [3.63, 3.8) is 0 Å². The lowest BCUT2D eigenvalue weighted by Gasteiger charge is -2.37. The van der Waals surface area contributed by atoms with Gasteiger partial charge in [0.1, 0.15) is 0 Å². The van der Waals surface area contributed by atoms with Crippen molar-refractivity contribution >= 4 is 5.97 Å². The van der Waals surface area contributed by atoms with E-state index in [1.165, 1.54) is 27.8 Å². The Balaban J connectivity index is 1.97. The van der Waals surface area contributed by atoms with Gasteiger partial charge in [-0.05, 0) is 59.1 Å². The number of hydrogen-bond donors (Lipinski definition) is 1. The van der Waals surface area contributed by atoms with E-state index in [0.717, 1.165) is 50.5 Å². The molecule has 0 spiro atoms. The molecule has 4 rings (SSSR count). The smallest absolute Gasteiger partial charge is 0.314 e. The highest BCUT2D eigenvalue weighted by atomic mass is 16.4. The van der Waals surface area contributed by atoms with Crippen LogP contribution in [-0.4, -0.2) is 11.1 Å². The lowest BCUT2D eigenvalue weighted by molar-refractivity contribution is -0.145. The SMILES string of the molecule is CCc1ccc2c(c1C1(C(=O)O)CCCCC1)Cc1ccccc1-2. The van der Waals surface area contributed by atoms with Crippen LogP contribution in [0.1, 0.15) is 61.3 Å². The summed E-state index contributed by atoms with van der Waals surface area (Å²) in [6.45, 7) is 2.14. The molecule has 24 heavy (non-hydrogen) atoms. The van der Waals surface area contributed by atoms with E-state index < -0.39 is 11.4 Å². The molecule has 1 fully saturated rings. The molecule has 0 saturated heterocycles. The van der Waals surface area contributed by atoms with Crippen molar-refractivity contribution in [1.29, 1.82) is 0 Å². The molecule has 0 heterocycles. The molecular weight excluding hydrogens is 296 g/mol. The van der Waals surface area contributed by atoms with E-state index in [1.54, 1.807) is 0 Å². The Morgan fingerprint density at radius 2 is 1.79 bits per heavy atom. The fraction of sp³-hybridized carbons (Fsp3) is 0.409. The number of carboxylic acid groups (broad SMARTS) is 1. The molecular formula is C22H24O2. The Morgan fingerprint density at radius 1 is 1.04 bits per heavy atom. The van der Waals surface area contributed by atoms with Gasteiger partial charge in [0, 0.05) is 0 Å². The van der Waals surface area contributed by atoms with Crippen LogP contribution >= 0.6 is 0 Å². The van der Waals surface area contributed by atoms with Gasteiger partial charge in [0.05, 0.1) is 5.41 Å². The molecule has 0 aromatic heterocycles. The fourth-order valence-corrected chi connectivity index (χ4v) is 4.88. The molecule has 0 radical (unpaired) electrons. The van der Waals surface area contributed by atoms with Gasteiger partial charge in [-0.3, -0.25) is 4.79 Å². The van der Waals surface area contributed by atoms with Crippen LogP contribution in [0.3, 0.4) is 0 Å². The highest BCUT2D eigenvalue weighted by Gasteiger charge is 2.45. The molecule has 0 atom stereocenters. The lowest BCUT2D eigenvalue weighted by atomic mass is 9.66. The van der Waals surface area contributed by atoms with Crippen molar-refractivity contribution < 1.29 is 9.90 Å². The van der Waals surface area contributed by atoms with Crippen molar-refractivity contribution in [2.75, 3.05) is 0 Å². The van der Waals surface area contributed by atoms with Crippen LogP contribution in [0.4, 0.5) is 0 Å². The third-order valence-electron chi connectivity index (χ3n) is 6.05. The van der Waals surface area contributed by atoms with Crippen LogP contribution in [0.5, 0.6) is 0 Å². The summed E-state index contributed by atoms with van der Waals surface area (Å²) in [4.78, 5) is 12.4. The summed E-state index contributed by atoms with van der Waals surface area (Å²) in [7, 11) is 0. The standard InChI is InChI=1S/C22H24O2/c1-2-15-10-11-18-17-9-5-4-8-16(17)14-19(18)20(15)22(21(23)24)12-6-3-7-13-22/h4-5,8-11H,2-3,6-7,12-14H2,1H3,(H,23,24). The number of benzene rings is 2. The van der Waals surface area contributed by atoms with Crippen LogP contribution in [0.25, 0.3) is 11.1 Å². The van der Waals surface area contributed by atoms with Crippen molar-refractivity contribution in [3.8, 4) is 11.1 Å². The van der Waals surface area contributed by atoms with Gasteiger partial charge in [0.25, 0.3) is 0 Å². The fourth-order valence-electron chi connectivity index (χ4n) is 4.88. The molecule has 2 aromatic rings. The summed E-state index contributed by atoms with van der Waals surface area (Å²) < 4.78 is 0. The number of fused-ring (bicyclic) bond motifs is 3. The summed E-state index contributed by atoms with van der Waals surface area (Å²) in [5.74, 6) is -0.624. The zero-order chi connectivity index (χ0) is 16.7. The van der Waals surface area contributed by atoms with E-state index in [1.807, 2.05) is 0 Å². The molecule has 0 unspecified atom stereocenters. The quantitative estimate of drug-likeness (QED) is 0.728. The molecule has 2 aliphatic rings. The van der Waals surface area contributed by atoms with Gasteiger partial charge in [-0.15, -0.1) is 0 Å². The molecule has 124 valence electrons. The molecule has 0 amide bonds. The summed E-state index contributed by atoms with van der Waals surface area (Å²) in [5, 5.41) is 10.2. The molecule has 1 N–H and O–H groups in total. The van der Waals surface area contributed by atoms with Gasteiger partial charge in [-0.1, -0.05) is 62.6 Å². The Morgan fingerprint density at radius 3 is 2.50 bits per heavy atom. The second-order valence-corrected chi connectivity index (χ2v) is 7.26. The maximum Gasteiger partial charge on any atom is 0.314 e. The first kappa shape index (κ1) is 15.4. The average Bonchev–Trinajstić information content (AvgIpc) is 2.99. The molecule has 1 saturated carbocycles. The van der Waals surface area contributed by atoms with Crippen LogP contribution < -0.4 is 0 Å². The van der Waals surface area contributed by atoms with E-state index in [9.17, 15) is 9.90 Å². The van der Waals surface area contributed by atoms with Crippen molar-refractivity contribution in [2.45, 2.75) is 57.3 Å². The summed E-state index contributed by atoms with van der Waals surface area (Å²) in [6.07, 6.45) is 6.53. The minimum atomic E-state index is -0.684. The largest absolute Gasteiger partial charge is 0.481 e. The normalized spacial score (nSPS) is 18.0. The Hall–Kier alpha value is -2.09. The summed E-state index contributed by atoms with van der Waals surface area (Å²) >= 11 is 0. The predicted octanol–water partition coefficient (Wildman–Crippen LogP) is 5.11. The molecule has 0 bridgehead atoms. The van der Waals surface area contributed by atoms with E-state index in [4.69, 9.17) is 0 Å². The minimum absolute atomic E-state index is 0.624. The zero-order valence-corrected chi connectivity index (χ0v) is 14.3. The third kappa shape index (κ3) is 2.12. The average molecular weight is 320 g/mol. The summed E-state index contributed by atoms with van der Waals surface area (Å²) in [5.41, 5.74) is 6.84. The van der Waals surface area contributed by atoms with Crippen molar-refractivity contribution in [1.82, 2.24) is 0 Å². The molecule has 0 aliphatic heterocycles. The van der Waals surface area contributed by atoms with Crippen molar-refractivity contribution in [3.05, 3.63) is 58.7 Å². The van der Waals surface area contributed by atoms with Gasteiger partial charge < -0.3 is 5.11 Å². The molecule has 2 heteroatoms. The molecule has 2 aromatic carbocycles. The third-order valence-corrected chi connectivity index (χ3v) is 6.05. The predicted molar refractivity (Wildman–Crippen MR) is 96.5 cm³/mol.